The molecule has 0 spiro atoms. The number of benzene rings is 1. The first-order valence-electron chi connectivity index (χ1n) is 8.57. The van der Waals surface area contributed by atoms with Gasteiger partial charge < -0.3 is 9.88 Å². The summed E-state index contributed by atoms with van der Waals surface area (Å²) >= 11 is 4.73. The van der Waals surface area contributed by atoms with Crippen molar-refractivity contribution in [2.45, 2.75) is 44.8 Å². The Balaban J connectivity index is 1.80. The second kappa shape index (κ2) is 10.1. The van der Waals surface area contributed by atoms with E-state index in [1.807, 2.05) is 6.26 Å². The lowest BCUT2D eigenvalue weighted by Gasteiger charge is -2.11. The molecule has 1 aromatic heterocycles. The highest BCUT2D eigenvalue weighted by Crippen LogP contribution is 2.18. The fourth-order valence-corrected chi connectivity index (χ4v) is 3.52. The number of amides is 1. The van der Waals surface area contributed by atoms with Gasteiger partial charge in [-0.05, 0) is 52.2 Å². The van der Waals surface area contributed by atoms with Crippen molar-refractivity contribution >= 4 is 33.6 Å². The first-order valence-corrected chi connectivity index (χ1v) is 10.6. The van der Waals surface area contributed by atoms with Crippen molar-refractivity contribution in [1.29, 1.82) is 0 Å². The molecular formula is C18H24BrFN4OS. The number of hydrogen-bond donors (Lipinski definition) is 1. The molecule has 0 aliphatic carbocycles. The lowest BCUT2D eigenvalue weighted by Crippen LogP contribution is -2.26. The van der Waals surface area contributed by atoms with Gasteiger partial charge >= 0.3 is 0 Å². The molecular weight excluding hydrogens is 419 g/mol. The molecule has 0 radical (unpaired) electrons. The molecule has 2 rings (SSSR count). The van der Waals surface area contributed by atoms with E-state index in [4.69, 9.17) is 0 Å². The standard InChI is InChI=1S/C18H24BrFN4OS/c1-12(2)11-24-16(22-23-18(24)26-3)5-4-8-21-17(25)10-13-6-7-15(20)14(19)9-13/h6-7,9,12H,4-5,8,10-11H2,1-3H3,(H,21,25). The predicted octanol–water partition coefficient (Wildman–Crippen LogP) is 3.85. The summed E-state index contributed by atoms with van der Waals surface area (Å²) in [5.74, 6) is 1.08. The summed E-state index contributed by atoms with van der Waals surface area (Å²) in [7, 11) is 0. The first kappa shape index (κ1) is 20.9. The zero-order valence-corrected chi connectivity index (χ0v) is 17.7. The minimum atomic E-state index is -0.329. The average Bonchev–Trinajstić information content (AvgIpc) is 2.96. The summed E-state index contributed by atoms with van der Waals surface area (Å²) in [4.78, 5) is 12.0. The van der Waals surface area contributed by atoms with E-state index >= 15 is 0 Å². The number of nitrogens with one attached hydrogen (secondary N) is 1. The lowest BCUT2D eigenvalue weighted by atomic mass is 10.1. The molecule has 142 valence electrons. The molecule has 0 atom stereocenters. The van der Waals surface area contributed by atoms with E-state index in [1.165, 1.54) is 6.07 Å². The highest BCUT2D eigenvalue weighted by Gasteiger charge is 2.12. The van der Waals surface area contributed by atoms with Gasteiger partial charge in [-0.3, -0.25) is 4.79 Å². The van der Waals surface area contributed by atoms with Crippen LogP contribution in [0, 0.1) is 11.7 Å². The van der Waals surface area contributed by atoms with Crippen LogP contribution in [0.1, 0.15) is 31.7 Å². The van der Waals surface area contributed by atoms with Crippen molar-refractivity contribution in [2.75, 3.05) is 12.8 Å². The van der Waals surface area contributed by atoms with Gasteiger partial charge in [-0.25, -0.2) is 4.39 Å². The Bertz CT molecular complexity index is 751. The van der Waals surface area contributed by atoms with Crippen LogP contribution in [-0.4, -0.2) is 33.5 Å². The van der Waals surface area contributed by atoms with Crippen LogP contribution in [0.3, 0.4) is 0 Å². The zero-order valence-electron chi connectivity index (χ0n) is 15.3. The molecule has 8 heteroatoms. The molecule has 0 saturated heterocycles. The van der Waals surface area contributed by atoms with Gasteiger partial charge in [-0.2, -0.15) is 0 Å². The number of rotatable bonds is 9. The molecule has 0 saturated carbocycles. The van der Waals surface area contributed by atoms with Crippen LogP contribution >= 0.6 is 27.7 Å². The quantitative estimate of drug-likeness (QED) is 0.473. The van der Waals surface area contributed by atoms with Crippen molar-refractivity contribution in [1.82, 2.24) is 20.1 Å². The zero-order chi connectivity index (χ0) is 19.1. The normalized spacial score (nSPS) is 11.2. The van der Waals surface area contributed by atoms with Gasteiger partial charge in [0, 0.05) is 19.5 Å². The van der Waals surface area contributed by atoms with Crippen molar-refractivity contribution in [3.8, 4) is 0 Å². The van der Waals surface area contributed by atoms with Crippen LogP contribution < -0.4 is 5.32 Å². The third-order valence-corrected chi connectivity index (χ3v) is 5.05. The van der Waals surface area contributed by atoms with E-state index in [-0.39, 0.29) is 18.1 Å². The molecule has 1 heterocycles. The van der Waals surface area contributed by atoms with E-state index in [0.29, 0.717) is 16.9 Å². The number of aryl methyl sites for hydroxylation is 1. The van der Waals surface area contributed by atoms with Crippen LogP contribution in [0.4, 0.5) is 4.39 Å². The largest absolute Gasteiger partial charge is 0.356 e. The molecule has 1 amide bonds. The van der Waals surface area contributed by atoms with Crippen molar-refractivity contribution in [2.24, 2.45) is 5.92 Å². The third-order valence-electron chi connectivity index (χ3n) is 3.77. The average molecular weight is 443 g/mol. The molecule has 5 nitrogen and oxygen atoms in total. The van der Waals surface area contributed by atoms with E-state index in [2.05, 4.69) is 49.9 Å². The van der Waals surface area contributed by atoms with Gasteiger partial charge in [-0.1, -0.05) is 31.7 Å². The highest BCUT2D eigenvalue weighted by molar-refractivity contribution is 9.10. The van der Waals surface area contributed by atoms with E-state index in [1.54, 1.807) is 23.9 Å². The molecule has 26 heavy (non-hydrogen) atoms. The van der Waals surface area contributed by atoms with E-state index in [0.717, 1.165) is 35.9 Å². The van der Waals surface area contributed by atoms with Gasteiger partial charge in [0.1, 0.15) is 11.6 Å². The molecule has 2 aromatic rings. The Kier molecular flexibility index (Phi) is 8.09. The molecule has 0 unspecified atom stereocenters. The number of hydrogen-bond acceptors (Lipinski definition) is 4. The Morgan fingerprint density at radius 2 is 2.15 bits per heavy atom. The monoisotopic (exact) mass is 442 g/mol. The summed E-state index contributed by atoms with van der Waals surface area (Å²) in [6.07, 6.45) is 3.80. The van der Waals surface area contributed by atoms with Gasteiger partial charge in [0.2, 0.25) is 5.91 Å². The minimum absolute atomic E-state index is 0.0723. The van der Waals surface area contributed by atoms with Crippen molar-refractivity contribution in [3.05, 3.63) is 39.9 Å². The van der Waals surface area contributed by atoms with Gasteiger partial charge in [0.15, 0.2) is 5.16 Å². The summed E-state index contributed by atoms with van der Waals surface area (Å²) in [5.41, 5.74) is 0.775. The first-order chi connectivity index (χ1) is 12.4. The number of nitrogens with zero attached hydrogens (tertiary/aromatic N) is 3. The molecule has 1 aromatic carbocycles. The Labute approximate surface area is 166 Å². The van der Waals surface area contributed by atoms with Gasteiger partial charge in [-0.15, -0.1) is 10.2 Å². The fraction of sp³-hybridized carbons (Fsp3) is 0.500. The summed E-state index contributed by atoms with van der Waals surface area (Å²) in [6.45, 7) is 5.80. The molecule has 0 aliphatic rings. The van der Waals surface area contributed by atoms with Crippen LogP contribution in [-0.2, 0) is 24.2 Å². The molecule has 1 N–H and O–H groups in total. The minimum Gasteiger partial charge on any atom is -0.356 e. The lowest BCUT2D eigenvalue weighted by molar-refractivity contribution is -0.120. The summed E-state index contributed by atoms with van der Waals surface area (Å²) in [6, 6.07) is 4.61. The van der Waals surface area contributed by atoms with Gasteiger partial charge in [0.05, 0.1) is 10.9 Å². The van der Waals surface area contributed by atoms with Crippen LogP contribution in [0.25, 0.3) is 0 Å². The Morgan fingerprint density at radius 1 is 1.38 bits per heavy atom. The van der Waals surface area contributed by atoms with Crippen molar-refractivity contribution in [3.63, 3.8) is 0 Å². The van der Waals surface area contributed by atoms with E-state index < -0.39 is 0 Å². The number of thioether (sulfide) groups is 1. The molecule has 0 aliphatic heterocycles. The molecule has 0 fully saturated rings. The van der Waals surface area contributed by atoms with E-state index in [9.17, 15) is 9.18 Å². The molecule has 0 bridgehead atoms. The highest BCUT2D eigenvalue weighted by atomic mass is 79.9. The predicted molar refractivity (Wildman–Crippen MR) is 106 cm³/mol. The number of halogens is 2. The third kappa shape index (κ3) is 6.09. The maximum absolute atomic E-state index is 13.2. The smallest absolute Gasteiger partial charge is 0.224 e. The Hall–Kier alpha value is -1.41. The second-order valence-electron chi connectivity index (χ2n) is 6.49. The summed E-state index contributed by atoms with van der Waals surface area (Å²) < 4.78 is 15.8. The van der Waals surface area contributed by atoms with Crippen LogP contribution in [0.15, 0.2) is 27.8 Å². The number of aromatic nitrogens is 3. The number of carbonyl (C=O) groups is 1. The van der Waals surface area contributed by atoms with Crippen LogP contribution in [0.5, 0.6) is 0 Å². The Morgan fingerprint density at radius 3 is 2.81 bits per heavy atom. The fourth-order valence-electron chi connectivity index (χ4n) is 2.58. The van der Waals surface area contributed by atoms with Crippen LogP contribution in [0.2, 0.25) is 0 Å². The number of carbonyl (C=O) groups excluding carboxylic acids is 1. The SMILES string of the molecule is CSc1nnc(CCCNC(=O)Cc2ccc(F)c(Br)c2)n1CC(C)C. The summed E-state index contributed by atoms with van der Waals surface area (Å²) in [5, 5.41) is 12.3. The van der Waals surface area contributed by atoms with Gasteiger partial charge in [0.25, 0.3) is 0 Å². The second-order valence-corrected chi connectivity index (χ2v) is 8.11. The topological polar surface area (TPSA) is 59.8 Å². The van der Waals surface area contributed by atoms with Crippen molar-refractivity contribution < 1.29 is 9.18 Å². The maximum Gasteiger partial charge on any atom is 0.224 e. The maximum atomic E-state index is 13.2.